The molecule has 42 valence electrons. The maximum atomic E-state index is 9.92. The second-order valence-electron chi connectivity index (χ2n) is 1.39. The normalized spacial score (nSPS) is 10.4. The molecule has 0 amide bonds. The van der Waals surface area contributed by atoms with Crippen molar-refractivity contribution in [2.24, 2.45) is 0 Å². The number of aliphatic carboxylic acids is 1. The van der Waals surface area contributed by atoms with Crippen LogP contribution in [-0.2, 0) is 4.79 Å². The predicted molar refractivity (Wildman–Crippen MR) is 19.1 cm³/mol. The van der Waals surface area contributed by atoms with Crippen LogP contribution in [0.1, 0.15) is 13.3 Å². The Labute approximate surface area is 139 Å². The molecule has 0 spiro atoms. The summed E-state index contributed by atoms with van der Waals surface area (Å²) in [5.41, 5.74) is 0. The van der Waals surface area contributed by atoms with E-state index in [1.165, 1.54) is 6.92 Å². The molecule has 0 aromatic heterocycles. The predicted octanol–water partition coefficient (Wildman–Crippen LogP) is -8.12. The molecule has 0 fully saturated rings. The number of carbonyl (C=O) groups excluding carboxylic acids is 1. The van der Waals surface area contributed by atoms with Gasteiger partial charge in [0, 0.05) is 5.97 Å². The van der Waals surface area contributed by atoms with Crippen molar-refractivity contribution in [3.8, 4) is 0 Å². The first-order valence-electron chi connectivity index (χ1n) is 1.98. The topological polar surface area (TPSA) is 63.2 Å². The number of rotatable bonds is 2. The second-order valence-corrected chi connectivity index (χ2v) is 1.39. The molecule has 0 bridgehead atoms. The maximum Gasteiger partial charge on any atom is 1.00 e. The van der Waals surface area contributed by atoms with Crippen molar-refractivity contribution >= 4 is 5.97 Å². The molecule has 3 nitrogen and oxygen atoms in total. The van der Waals surface area contributed by atoms with E-state index in [0.717, 1.165) is 0 Å². The third kappa shape index (κ3) is 18.0. The first kappa shape index (κ1) is 17.7. The van der Waals surface area contributed by atoms with Crippen molar-refractivity contribution < 1.29 is 118 Å². The molecular weight excluding hydrogens is 174 g/mol. The summed E-state index contributed by atoms with van der Waals surface area (Å²) in [6.07, 6.45) is -1.43. The summed E-state index contributed by atoms with van der Waals surface area (Å²) in [5, 5.41) is 19.4. The van der Waals surface area contributed by atoms with Gasteiger partial charge < -0.3 is 15.0 Å². The molecule has 1 unspecified atom stereocenters. The van der Waals surface area contributed by atoms with E-state index < -0.39 is 12.1 Å². The van der Waals surface area contributed by atoms with Gasteiger partial charge in [-0.1, -0.05) is 6.92 Å². The first-order chi connectivity index (χ1) is 3.13. The molecule has 0 saturated heterocycles. The number of hydrogen-bond acceptors (Lipinski definition) is 3. The van der Waals surface area contributed by atoms with Crippen molar-refractivity contribution in [1.29, 1.82) is 0 Å². The number of carboxylic acid groups (broad SMARTS) is 1. The van der Waals surface area contributed by atoms with Crippen LogP contribution in [0.25, 0.3) is 0 Å². The van der Waals surface area contributed by atoms with Gasteiger partial charge in [-0.25, -0.2) is 0 Å². The summed E-state index contributed by atoms with van der Waals surface area (Å²) in [6, 6.07) is 0. The number of hydrogen-bond donors (Lipinski definition) is 0. The molecule has 0 aliphatic carbocycles. The summed E-state index contributed by atoms with van der Waals surface area (Å²) < 4.78 is 0. The minimum atomic E-state index is -1.28. The Morgan fingerprint density at radius 1 is 1.56 bits per heavy atom. The molecule has 0 aliphatic rings. The van der Waals surface area contributed by atoms with Gasteiger partial charge in [0.15, 0.2) is 0 Å². The Morgan fingerprint density at radius 3 is 1.89 bits per heavy atom. The summed E-state index contributed by atoms with van der Waals surface area (Å²) in [7, 11) is 0. The van der Waals surface area contributed by atoms with E-state index in [-0.39, 0.29) is 109 Å². The summed E-state index contributed by atoms with van der Waals surface area (Å²) in [5.74, 6) is -1.28. The molecule has 0 rings (SSSR count). The molecule has 9 heavy (non-hydrogen) atoms. The van der Waals surface area contributed by atoms with Crippen molar-refractivity contribution in [2.75, 3.05) is 0 Å². The molecule has 0 saturated carbocycles. The van der Waals surface area contributed by atoms with E-state index in [9.17, 15) is 15.0 Å². The van der Waals surface area contributed by atoms with Gasteiger partial charge in [0.05, 0.1) is 0 Å². The van der Waals surface area contributed by atoms with E-state index in [0.29, 0.717) is 0 Å². The van der Waals surface area contributed by atoms with E-state index in [1.807, 2.05) is 0 Å². The average molecular weight is 180 g/mol. The van der Waals surface area contributed by atoms with Crippen LogP contribution in [-0.4, -0.2) is 12.1 Å². The molecule has 0 heterocycles. The second kappa shape index (κ2) is 10.7. The van der Waals surface area contributed by atoms with Crippen LogP contribution in [0, 0.1) is 0 Å². The molecule has 0 aromatic carbocycles. The summed E-state index contributed by atoms with van der Waals surface area (Å²) in [4.78, 5) is 9.50. The van der Waals surface area contributed by atoms with Gasteiger partial charge in [-0.3, -0.25) is 0 Å². The van der Waals surface area contributed by atoms with Crippen molar-refractivity contribution in [2.45, 2.75) is 19.4 Å². The van der Waals surface area contributed by atoms with Gasteiger partial charge in [0.2, 0.25) is 0 Å². The molecule has 0 N–H and O–H groups in total. The van der Waals surface area contributed by atoms with Crippen molar-refractivity contribution in [3.05, 3.63) is 0 Å². The van der Waals surface area contributed by atoms with Gasteiger partial charge in [0.1, 0.15) is 0 Å². The Morgan fingerprint density at radius 2 is 1.89 bits per heavy atom. The molecule has 1 atom stereocenters. The fourth-order valence-corrected chi connectivity index (χ4v) is 0.235. The van der Waals surface area contributed by atoms with Crippen LogP contribution in [0.4, 0.5) is 0 Å². The van der Waals surface area contributed by atoms with Gasteiger partial charge in [-0.05, 0) is 6.42 Å². The van der Waals surface area contributed by atoms with Crippen LogP contribution in [0.5, 0.6) is 0 Å². The van der Waals surface area contributed by atoms with Crippen LogP contribution in [0.2, 0.25) is 0 Å². The van der Waals surface area contributed by atoms with Crippen molar-refractivity contribution in [3.63, 3.8) is 0 Å². The minimum Gasteiger partial charge on any atom is -0.852 e. The Kier molecular flexibility index (Phi) is 21.0. The van der Waals surface area contributed by atoms with Crippen LogP contribution < -0.4 is 113 Å². The van der Waals surface area contributed by atoms with E-state index in [2.05, 4.69) is 0 Å². The van der Waals surface area contributed by atoms with Crippen LogP contribution >= 0.6 is 0 Å². The first-order valence-corrected chi connectivity index (χ1v) is 1.98. The SMILES string of the molecule is CC([O-])CC(=O)[O-].[K+].[K+]. The minimum absolute atomic E-state index is 0. The van der Waals surface area contributed by atoms with E-state index in [1.54, 1.807) is 0 Å². The Hall–Kier alpha value is 2.70. The van der Waals surface area contributed by atoms with Gasteiger partial charge >= 0.3 is 103 Å². The molecule has 0 aromatic rings. The fourth-order valence-electron chi connectivity index (χ4n) is 0.235. The standard InChI is InChI=1S/C4H7O3.2K/c1-3(5)2-4(6)7;;/h3H,2H2,1H3,(H,6,7);;/q-1;2*+1/p-1. The quantitative estimate of drug-likeness (QED) is 0.397. The maximum absolute atomic E-state index is 9.92. The van der Waals surface area contributed by atoms with E-state index >= 15 is 0 Å². The van der Waals surface area contributed by atoms with Crippen LogP contribution in [0.3, 0.4) is 0 Å². The monoisotopic (exact) mass is 180 g/mol. The van der Waals surface area contributed by atoms with Crippen LogP contribution in [0.15, 0.2) is 0 Å². The van der Waals surface area contributed by atoms with E-state index in [4.69, 9.17) is 0 Å². The summed E-state index contributed by atoms with van der Waals surface area (Å²) in [6.45, 7) is 1.29. The smallest absolute Gasteiger partial charge is 0.852 e. The number of carboxylic acids is 1. The van der Waals surface area contributed by atoms with Gasteiger partial charge in [-0.2, -0.15) is 0 Å². The zero-order valence-electron chi connectivity index (χ0n) is 6.01. The van der Waals surface area contributed by atoms with Crippen molar-refractivity contribution in [1.82, 2.24) is 0 Å². The third-order valence-corrected chi connectivity index (χ3v) is 0.454. The zero-order chi connectivity index (χ0) is 5.86. The molecule has 0 aliphatic heterocycles. The largest absolute Gasteiger partial charge is 1.00 e. The third-order valence-electron chi connectivity index (χ3n) is 0.454. The molecule has 0 radical (unpaired) electrons. The zero-order valence-corrected chi connectivity index (χ0v) is 12.3. The molecular formula is C4H6K2O3. The van der Waals surface area contributed by atoms with Gasteiger partial charge in [-0.15, -0.1) is 6.10 Å². The Balaban J connectivity index is -0.000000180. The fraction of sp³-hybridized carbons (Fsp3) is 0.750. The average Bonchev–Trinajstić information content (AvgIpc) is 1.27. The Bertz CT molecular complexity index is 74.2. The van der Waals surface area contributed by atoms with Gasteiger partial charge in [0.25, 0.3) is 0 Å². The molecule has 5 heteroatoms. The summed E-state index contributed by atoms with van der Waals surface area (Å²) >= 11 is 0. The number of carbonyl (C=O) groups is 1.